The van der Waals surface area contributed by atoms with E-state index in [0.29, 0.717) is 38.8 Å². The predicted molar refractivity (Wildman–Crippen MR) is 611 cm³/mol. The Labute approximate surface area is 862 Å². The molecule has 141 heavy (non-hydrogen) atoms. The fraction of sp³-hybridized carbons (Fsp3) is 0.809. The topological polar surface area (TPSA) is 315 Å². The smallest absolute Gasteiger partial charge is 0.222 e. The molecule has 5 heterocycles. The molecule has 20 N–H and O–H groups in total. The Morgan fingerprint density at radius 1 is 0.234 bits per heavy atom. The molecule has 0 fully saturated rings. The average Bonchev–Trinajstić information content (AvgIpc) is 1.62. The van der Waals surface area contributed by atoms with Gasteiger partial charge in [0.25, 0.3) is 0 Å². The van der Waals surface area contributed by atoms with E-state index in [-0.39, 0.29) is 11.8 Å². The number of H-pyrrole nitrogens is 2. The second kappa shape index (κ2) is 90.0. The largest absolute Gasteiger partial charge is 0.355 e. The van der Waals surface area contributed by atoms with E-state index in [1.54, 1.807) is 0 Å². The zero-order valence-corrected chi connectivity index (χ0v) is 92.6. The van der Waals surface area contributed by atoms with Crippen molar-refractivity contribution in [1.29, 1.82) is 0 Å². The predicted octanol–water partition coefficient (Wildman–Crippen LogP) is 16.3. The number of carbonyl (C=O) groups excluding carboxylic acids is 2. The maximum absolute atomic E-state index is 14.3. The number of aromatic amines is 2. The van der Waals surface area contributed by atoms with Crippen molar-refractivity contribution >= 4 is 56.2 Å². The van der Waals surface area contributed by atoms with Gasteiger partial charge in [0, 0.05) is 61.1 Å². The molecule has 3 aromatic heterocycles. The maximum atomic E-state index is 14.3. The number of nitrogens with one attached hydrogen (secondary N) is 20. The fourth-order valence-corrected chi connectivity index (χ4v) is 19.1. The van der Waals surface area contributed by atoms with Gasteiger partial charge in [-0.2, -0.15) is 0 Å². The number of carbonyl (C=O) groups is 2. The van der Waals surface area contributed by atoms with Crippen molar-refractivity contribution in [2.24, 2.45) is 0 Å². The SMILES string of the molecule is CCNCCCCNCCCCNCCCCNCCCCNCCCCCNCCCCNCCCCNCCCCNCCCCN(CC)C(=O)CCC1=C(C)c2cc3[nH]c(cc4[nH]c(cc5nc(cc1n2)C(CCC(=O)N(CC)CCCCNCCCCNCCCCNCCCCNCCCCNCCCCNCCCCNCCCCNCCCCNCC)=C5C)c(CC)c4C)c(CC)c3C. The van der Waals surface area contributed by atoms with Crippen LogP contribution in [-0.2, 0) is 22.4 Å². The molecule has 3 aromatic rings. The van der Waals surface area contributed by atoms with Crippen LogP contribution in [-0.4, -0.2) is 303 Å². The van der Waals surface area contributed by atoms with E-state index in [9.17, 15) is 9.59 Å². The number of rotatable bonds is 103. The van der Waals surface area contributed by atoms with Gasteiger partial charge in [-0.25, -0.2) is 9.97 Å². The number of nitrogens with zero attached hydrogens (tertiary/aromatic N) is 4. The third-order valence-corrected chi connectivity index (χ3v) is 28.3. The first-order chi connectivity index (χ1) is 69.5. The second-order valence-electron chi connectivity index (χ2n) is 40.1. The van der Waals surface area contributed by atoms with Gasteiger partial charge in [-0.15, -0.1) is 0 Å². The van der Waals surface area contributed by atoms with Crippen molar-refractivity contribution < 1.29 is 9.59 Å². The molecule has 5 rings (SSSR count). The Morgan fingerprint density at radius 3 is 0.638 bits per heavy atom. The summed E-state index contributed by atoms with van der Waals surface area (Å²) < 4.78 is 0. The number of hydrogen-bond acceptors (Lipinski definition) is 22. The van der Waals surface area contributed by atoms with Crippen molar-refractivity contribution in [2.75, 3.05) is 262 Å². The molecule has 812 valence electrons. The molecular weight excluding hydrogens is 1750 g/mol. The first-order valence-electron chi connectivity index (χ1n) is 58.9. The molecule has 0 saturated carbocycles. The van der Waals surface area contributed by atoms with E-state index >= 15 is 0 Å². The van der Waals surface area contributed by atoms with Crippen LogP contribution in [0, 0.1) is 13.8 Å². The summed E-state index contributed by atoms with van der Waals surface area (Å²) in [7, 11) is 0. The quantitative estimate of drug-likeness (QED) is 0.0234. The lowest BCUT2D eigenvalue weighted by Crippen LogP contribution is -2.32. The Morgan fingerprint density at radius 2 is 0.426 bits per heavy atom. The number of allylic oxidation sites excluding steroid dienone is 4. The molecule has 26 nitrogen and oxygen atoms in total. The molecule has 2 amide bonds. The summed E-state index contributed by atoms with van der Waals surface area (Å²) >= 11 is 0. The first kappa shape index (κ1) is 126. The van der Waals surface area contributed by atoms with E-state index in [0.717, 1.165) is 367 Å². The summed E-state index contributed by atoms with van der Waals surface area (Å²) in [5.74, 6) is 0.364. The van der Waals surface area contributed by atoms with Gasteiger partial charge in [0.1, 0.15) is 0 Å². The molecule has 2 aliphatic heterocycles. The summed E-state index contributed by atoms with van der Waals surface area (Å²) in [5.41, 5.74) is 17.2. The molecule has 0 spiro atoms. The number of unbranched alkanes of at least 4 members (excludes halogenated alkanes) is 19. The van der Waals surface area contributed by atoms with Crippen LogP contribution in [0.25, 0.3) is 44.4 Å². The molecule has 8 bridgehead atoms. The lowest BCUT2D eigenvalue weighted by Gasteiger charge is -2.21. The highest BCUT2D eigenvalue weighted by atomic mass is 16.2. The molecule has 0 atom stereocenters. The van der Waals surface area contributed by atoms with Gasteiger partial charge >= 0.3 is 0 Å². The molecule has 2 aliphatic rings. The van der Waals surface area contributed by atoms with E-state index in [1.807, 2.05) is 9.80 Å². The highest BCUT2D eigenvalue weighted by molar-refractivity contribution is 5.97. The van der Waals surface area contributed by atoms with Crippen LogP contribution >= 0.6 is 0 Å². The summed E-state index contributed by atoms with van der Waals surface area (Å²) in [6.45, 7) is 64.7. The van der Waals surface area contributed by atoms with E-state index in [1.165, 1.54) is 221 Å². The van der Waals surface area contributed by atoms with E-state index < -0.39 is 0 Å². The van der Waals surface area contributed by atoms with Gasteiger partial charge < -0.3 is 115 Å². The molecule has 0 aliphatic carbocycles. The summed E-state index contributed by atoms with van der Waals surface area (Å²) in [5, 5.41) is 65.2. The molecule has 0 unspecified atom stereocenters. The van der Waals surface area contributed by atoms with Gasteiger partial charge in [0.15, 0.2) is 0 Å². The molecule has 0 saturated heterocycles. The van der Waals surface area contributed by atoms with Crippen molar-refractivity contribution in [3.8, 4) is 0 Å². The minimum Gasteiger partial charge on any atom is -0.355 e. The van der Waals surface area contributed by atoms with Crippen molar-refractivity contribution in [3.05, 3.63) is 69.3 Å². The molecular formula is C115H220N24O2. The van der Waals surface area contributed by atoms with Crippen LogP contribution < -0.4 is 95.7 Å². The zero-order valence-electron chi connectivity index (χ0n) is 92.6. The Kier molecular flexibility index (Phi) is 80.6. The van der Waals surface area contributed by atoms with E-state index in [2.05, 4.69) is 199 Å². The van der Waals surface area contributed by atoms with Crippen LogP contribution in [0.5, 0.6) is 0 Å². The highest BCUT2D eigenvalue weighted by Crippen LogP contribution is 2.39. The summed E-state index contributed by atoms with van der Waals surface area (Å²) in [4.78, 5) is 51.3. The lowest BCUT2D eigenvalue weighted by atomic mass is 9.97. The van der Waals surface area contributed by atoms with Crippen molar-refractivity contribution in [1.82, 2.24) is 125 Å². The van der Waals surface area contributed by atoms with Gasteiger partial charge in [0.05, 0.1) is 22.8 Å². The lowest BCUT2D eigenvalue weighted by molar-refractivity contribution is -0.131. The van der Waals surface area contributed by atoms with Crippen LogP contribution in [0.15, 0.2) is 24.3 Å². The number of fused-ring (bicyclic) bond motifs is 8. The molecule has 26 heteroatoms. The normalized spacial score (nSPS) is 12.4. The monoisotopic (exact) mass is 1970 g/mol. The van der Waals surface area contributed by atoms with E-state index in [4.69, 9.17) is 9.97 Å². The van der Waals surface area contributed by atoms with Crippen molar-refractivity contribution in [3.63, 3.8) is 0 Å². The second-order valence-corrected chi connectivity index (χ2v) is 40.1. The molecule has 0 aromatic carbocycles. The molecule has 0 radical (unpaired) electrons. The Bertz CT molecular complexity index is 3730. The fourth-order valence-electron chi connectivity index (χ4n) is 19.1. The minimum atomic E-state index is 0.182. The van der Waals surface area contributed by atoms with Crippen LogP contribution in [0.3, 0.4) is 0 Å². The van der Waals surface area contributed by atoms with Crippen LogP contribution in [0.1, 0.15) is 364 Å². The van der Waals surface area contributed by atoms with Gasteiger partial charge in [-0.05, 0) is 603 Å². The zero-order chi connectivity index (χ0) is 101. The highest BCUT2D eigenvalue weighted by Gasteiger charge is 2.26. The maximum Gasteiger partial charge on any atom is 0.222 e. The van der Waals surface area contributed by atoms with Gasteiger partial charge in [0.2, 0.25) is 11.8 Å². The number of aryl methyl sites for hydroxylation is 4. The Balaban J connectivity index is 0.865. The van der Waals surface area contributed by atoms with Gasteiger partial charge in [-0.1, -0.05) is 34.1 Å². The first-order valence-corrected chi connectivity index (χ1v) is 58.9. The third-order valence-electron chi connectivity index (χ3n) is 28.3. The summed E-state index contributed by atoms with van der Waals surface area (Å²) in [6, 6.07) is 8.88. The number of aromatic nitrogens is 4. The van der Waals surface area contributed by atoms with Crippen molar-refractivity contribution in [2.45, 2.75) is 345 Å². The standard InChI is InChI=1S/C115H220N24O2/c1-11-102-98(7)106-94-107-100(9)104(54-56-114(140)138(15-5)92-52-50-90-132-88-48-46-86-130-84-44-33-73-123-69-27-25-65-119-61-19-17-18-60-118-64-24-26-68-122-72-32-34-74-124-70-30-28-66-120-62-22-20-58-116-13-3)112(136-107)97-113-105(101(10)109(137-113)96-111-103(12-2)99(8)108(135-111)95-110(102)134-106)55-57-115(141)139(16-6)93-53-51-91-133-89-49-47-87-131-85-45-43-83-129-82-42-41-81-128-80-40-39-79-127-78-38-37-77-126-76-36-35-75-125-71-31-29-67-121-63-23-21-59-117-14-4/h94-97,116-135H,11-93H2,1-10H3. The number of hydrogen-bond donors (Lipinski definition) is 20. The minimum absolute atomic E-state index is 0.182. The van der Waals surface area contributed by atoms with Crippen LogP contribution in [0.4, 0.5) is 0 Å². The Hall–Kier alpha value is -5.18. The summed E-state index contributed by atoms with van der Waals surface area (Å²) in [6.07, 6.45) is 48.8. The average molecular weight is 1970 g/mol. The third kappa shape index (κ3) is 62.0. The number of amides is 2. The van der Waals surface area contributed by atoms with Crippen LogP contribution in [0.2, 0.25) is 0 Å². The van der Waals surface area contributed by atoms with Gasteiger partial charge in [-0.3, -0.25) is 9.59 Å².